The second-order valence-electron chi connectivity index (χ2n) is 5.23. The van der Waals surface area contributed by atoms with E-state index in [4.69, 9.17) is 0 Å². The zero-order chi connectivity index (χ0) is 13.9. The lowest BCUT2D eigenvalue weighted by molar-refractivity contribution is -0.115. The fourth-order valence-electron chi connectivity index (χ4n) is 2.32. The molecule has 0 saturated carbocycles. The Morgan fingerprint density at radius 3 is 2.42 bits per heavy atom. The van der Waals surface area contributed by atoms with E-state index in [9.17, 15) is 13.2 Å². The van der Waals surface area contributed by atoms with E-state index < -0.39 is 12.7 Å². The highest BCUT2D eigenvalue weighted by atomic mass is 19.4. The van der Waals surface area contributed by atoms with Gasteiger partial charge in [0.1, 0.15) is 6.54 Å². The van der Waals surface area contributed by atoms with Gasteiger partial charge in [0.15, 0.2) is 0 Å². The van der Waals surface area contributed by atoms with Crippen LogP contribution in [0.3, 0.4) is 0 Å². The van der Waals surface area contributed by atoms with Crippen LogP contribution < -0.4 is 10.6 Å². The van der Waals surface area contributed by atoms with Crippen molar-refractivity contribution in [3.63, 3.8) is 0 Å². The molecule has 1 aromatic rings. The van der Waals surface area contributed by atoms with Gasteiger partial charge in [0.2, 0.25) is 0 Å². The van der Waals surface area contributed by atoms with Gasteiger partial charge in [-0.2, -0.15) is 13.2 Å². The van der Waals surface area contributed by atoms with E-state index in [1.54, 1.807) is 12.1 Å². The number of piperidine rings is 1. The van der Waals surface area contributed by atoms with Crippen molar-refractivity contribution in [1.29, 1.82) is 0 Å². The lowest BCUT2D eigenvalue weighted by Crippen LogP contribution is -2.31. The molecule has 1 aliphatic rings. The molecule has 0 amide bonds. The minimum atomic E-state index is -4.18. The van der Waals surface area contributed by atoms with Crippen molar-refractivity contribution in [2.75, 3.05) is 18.4 Å². The molecule has 5 heteroatoms. The van der Waals surface area contributed by atoms with Gasteiger partial charge in [-0.25, -0.2) is 0 Å². The van der Waals surface area contributed by atoms with Gasteiger partial charge in [0.05, 0.1) is 0 Å². The van der Waals surface area contributed by atoms with Crippen LogP contribution >= 0.6 is 0 Å². The van der Waals surface area contributed by atoms with Gasteiger partial charge in [-0.3, -0.25) is 0 Å². The molecule has 2 atom stereocenters. The van der Waals surface area contributed by atoms with E-state index in [2.05, 4.69) is 17.6 Å². The molecule has 0 radical (unpaired) electrons. The van der Waals surface area contributed by atoms with E-state index in [1.807, 2.05) is 12.1 Å². The number of anilines is 1. The third-order valence-electron chi connectivity index (χ3n) is 3.47. The molecule has 2 nitrogen and oxygen atoms in total. The lowest BCUT2D eigenvalue weighted by Gasteiger charge is -2.28. The van der Waals surface area contributed by atoms with Gasteiger partial charge in [-0.1, -0.05) is 19.1 Å². The summed E-state index contributed by atoms with van der Waals surface area (Å²) in [5, 5.41) is 5.84. The van der Waals surface area contributed by atoms with Crippen LogP contribution in [0.5, 0.6) is 0 Å². The quantitative estimate of drug-likeness (QED) is 0.876. The van der Waals surface area contributed by atoms with Crippen molar-refractivity contribution < 1.29 is 13.2 Å². The Morgan fingerprint density at radius 1 is 1.21 bits per heavy atom. The molecule has 19 heavy (non-hydrogen) atoms. The number of halogens is 3. The second-order valence-corrected chi connectivity index (χ2v) is 5.23. The van der Waals surface area contributed by atoms with Crippen LogP contribution in [0.25, 0.3) is 0 Å². The Balaban J connectivity index is 1.91. The maximum Gasteiger partial charge on any atom is 0.405 e. The second kappa shape index (κ2) is 5.82. The van der Waals surface area contributed by atoms with Crippen LogP contribution in [-0.4, -0.2) is 19.3 Å². The molecule has 1 saturated heterocycles. The van der Waals surface area contributed by atoms with Gasteiger partial charge < -0.3 is 10.6 Å². The van der Waals surface area contributed by atoms with Crippen LogP contribution in [0.2, 0.25) is 0 Å². The number of benzene rings is 1. The molecule has 0 spiro atoms. The SMILES string of the molecule is C[C@@H]1CC[C@@H](c2ccc(NCC(F)(F)F)cc2)NC1. The van der Waals surface area contributed by atoms with Crippen molar-refractivity contribution >= 4 is 5.69 Å². The number of hydrogen-bond acceptors (Lipinski definition) is 2. The molecule has 0 unspecified atom stereocenters. The summed E-state index contributed by atoms with van der Waals surface area (Å²) in [6.07, 6.45) is -1.91. The van der Waals surface area contributed by atoms with Crippen LogP contribution in [0.1, 0.15) is 31.4 Å². The Kier molecular flexibility index (Phi) is 4.34. The highest BCUT2D eigenvalue weighted by molar-refractivity contribution is 5.45. The Hall–Kier alpha value is -1.23. The monoisotopic (exact) mass is 272 g/mol. The first-order valence-electron chi connectivity index (χ1n) is 6.58. The number of alkyl halides is 3. The average molecular weight is 272 g/mol. The third kappa shape index (κ3) is 4.42. The normalized spacial score (nSPS) is 24.2. The van der Waals surface area contributed by atoms with Gasteiger partial charge in [0.25, 0.3) is 0 Å². The highest BCUT2D eigenvalue weighted by Crippen LogP contribution is 2.26. The van der Waals surface area contributed by atoms with Gasteiger partial charge in [0, 0.05) is 11.7 Å². The summed E-state index contributed by atoms with van der Waals surface area (Å²) in [5.74, 6) is 0.698. The van der Waals surface area contributed by atoms with Crippen LogP contribution in [0.15, 0.2) is 24.3 Å². The summed E-state index contributed by atoms with van der Waals surface area (Å²) in [6.45, 7) is 2.22. The van der Waals surface area contributed by atoms with E-state index >= 15 is 0 Å². The van der Waals surface area contributed by atoms with Crippen molar-refractivity contribution in [2.45, 2.75) is 32.0 Å². The third-order valence-corrected chi connectivity index (χ3v) is 3.47. The summed E-state index contributed by atoms with van der Waals surface area (Å²) in [4.78, 5) is 0. The smallest absolute Gasteiger partial charge is 0.376 e. The summed E-state index contributed by atoms with van der Waals surface area (Å²) < 4.78 is 36.2. The molecule has 1 aromatic carbocycles. The Morgan fingerprint density at radius 2 is 1.89 bits per heavy atom. The van der Waals surface area contributed by atoms with Crippen molar-refractivity contribution in [1.82, 2.24) is 5.32 Å². The molecule has 1 fully saturated rings. The molecule has 0 aromatic heterocycles. The zero-order valence-corrected chi connectivity index (χ0v) is 10.9. The fourth-order valence-corrected chi connectivity index (χ4v) is 2.32. The van der Waals surface area contributed by atoms with E-state index in [1.165, 1.54) is 6.42 Å². The highest BCUT2D eigenvalue weighted by Gasteiger charge is 2.26. The zero-order valence-electron chi connectivity index (χ0n) is 10.9. The summed E-state index contributed by atoms with van der Waals surface area (Å²) >= 11 is 0. The number of rotatable bonds is 3. The molecule has 1 heterocycles. The first kappa shape index (κ1) is 14.2. The topological polar surface area (TPSA) is 24.1 Å². The minimum Gasteiger partial charge on any atom is -0.376 e. The largest absolute Gasteiger partial charge is 0.405 e. The maximum atomic E-state index is 12.1. The standard InChI is InChI=1S/C14H19F3N2/c1-10-2-7-13(18-8-10)11-3-5-12(6-4-11)19-9-14(15,16)17/h3-6,10,13,18-19H,2,7-9H2,1H3/t10-,13+/m1/s1. The number of hydrogen-bond donors (Lipinski definition) is 2. The first-order valence-corrected chi connectivity index (χ1v) is 6.58. The molecule has 106 valence electrons. The summed E-state index contributed by atoms with van der Waals surface area (Å²) in [7, 11) is 0. The van der Waals surface area contributed by atoms with E-state index in [-0.39, 0.29) is 0 Å². The van der Waals surface area contributed by atoms with Gasteiger partial charge in [-0.15, -0.1) is 0 Å². The Bertz CT molecular complexity index is 392. The van der Waals surface area contributed by atoms with Gasteiger partial charge in [-0.05, 0) is 43.0 Å². The fraction of sp³-hybridized carbons (Fsp3) is 0.571. The van der Waals surface area contributed by atoms with Crippen LogP contribution in [0, 0.1) is 5.92 Å². The average Bonchev–Trinajstić information content (AvgIpc) is 2.37. The molecule has 2 N–H and O–H groups in total. The first-order chi connectivity index (χ1) is 8.94. The summed E-state index contributed by atoms with van der Waals surface area (Å²) in [5.41, 5.74) is 1.65. The molecular formula is C14H19F3N2. The van der Waals surface area contributed by atoms with E-state index in [0.29, 0.717) is 17.6 Å². The van der Waals surface area contributed by atoms with Crippen molar-refractivity contribution in [2.24, 2.45) is 5.92 Å². The van der Waals surface area contributed by atoms with Crippen molar-refractivity contribution in [3.8, 4) is 0 Å². The summed E-state index contributed by atoms with van der Waals surface area (Å²) in [6, 6.07) is 7.54. The van der Waals surface area contributed by atoms with Crippen LogP contribution in [-0.2, 0) is 0 Å². The molecule has 1 aliphatic heterocycles. The molecular weight excluding hydrogens is 253 g/mol. The Labute approximate surface area is 111 Å². The maximum absolute atomic E-state index is 12.1. The predicted molar refractivity (Wildman–Crippen MR) is 70.1 cm³/mol. The lowest BCUT2D eigenvalue weighted by atomic mass is 9.92. The number of nitrogens with one attached hydrogen (secondary N) is 2. The van der Waals surface area contributed by atoms with Gasteiger partial charge >= 0.3 is 6.18 Å². The minimum absolute atomic E-state index is 0.327. The predicted octanol–water partition coefficient (Wildman–Crippen LogP) is 3.72. The molecule has 0 aliphatic carbocycles. The van der Waals surface area contributed by atoms with Crippen molar-refractivity contribution in [3.05, 3.63) is 29.8 Å². The molecule has 2 rings (SSSR count). The van der Waals surface area contributed by atoms with E-state index in [0.717, 1.165) is 18.5 Å². The van der Waals surface area contributed by atoms with Crippen LogP contribution in [0.4, 0.5) is 18.9 Å². The molecule has 0 bridgehead atoms.